The molecule has 0 aliphatic rings. The van der Waals surface area contributed by atoms with Gasteiger partial charge in [-0.15, -0.1) is 11.6 Å². The largest absolute Gasteiger partial charge is 0.491 e. The lowest BCUT2D eigenvalue weighted by atomic mass is 10.2. The summed E-state index contributed by atoms with van der Waals surface area (Å²) in [5.41, 5.74) is 0.953. The molecule has 3 nitrogen and oxygen atoms in total. The van der Waals surface area contributed by atoms with E-state index in [1.165, 1.54) is 0 Å². The van der Waals surface area contributed by atoms with E-state index in [4.69, 9.17) is 16.3 Å². The van der Waals surface area contributed by atoms with Crippen LogP contribution in [0, 0.1) is 0 Å². The van der Waals surface area contributed by atoms with Crippen LogP contribution in [0.15, 0.2) is 24.3 Å². The third kappa shape index (κ3) is 4.11. The Hall–Kier alpha value is -1.22. The van der Waals surface area contributed by atoms with Gasteiger partial charge in [-0.1, -0.05) is 18.2 Å². The van der Waals surface area contributed by atoms with E-state index < -0.39 is 0 Å². The number of alkyl halides is 1. The van der Waals surface area contributed by atoms with Crippen molar-refractivity contribution in [1.82, 2.24) is 5.32 Å². The van der Waals surface area contributed by atoms with E-state index in [-0.39, 0.29) is 17.9 Å². The van der Waals surface area contributed by atoms with E-state index in [1.54, 1.807) is 0 Å². The van der Waals surface area contributed by atoms with Crippen molar-refractivity contribution < 1.29 is 9.53 Å². The van der Waals surface area contributed by atoms with E-state index in [2.05, 4.69) is 5.32 Å². The molecular weight excluding hydrogens is 226 g/mol. The number of para-hydroxylation sites is 1. The molecule has 1 rings (SSSR count). The molecule has 0 aliphatic heterocycles. The van der Waals surface area contributed by atoms with Crippen LogP contribution in [0.5, 0.6) is 5.75 Å². The molecular formula is C12H16ClNO2. The van der Waals surface area contributed by atoms with Crippen molar-refractivity contribution in [2.45, 2.75) is 26.5 Å². The van der Waals surface area contributed by atoms with E-state index >= 15 is 0 Å². The van der Waals surface area contributed by atoms with Crippen molar-refractivity contribution in [2.24, 2.45) is 0 Å². The highest BCUT2D eigenvalue weighted by Gasteiger charge is 2.06. The lowest BCUT2D eigenvalue weighted by molar-refractivity contribution is -0.118. The Morgan fingerprint density at radius 2 is 2.12 bits per heavy atom. The number of nitrogens with one attached hydrogen (secondary N) is 1. The molecule has 0 fully saturated rings. The summed E-state index contributed by atoms with van der Waals surface area (Å²) in [7, 11) is 0. The number of ether oxygens (including phenoxy) is 1. The molecule has 0 bridgehead atoms. The SMILES string of the molecule is CC(C)Oc1ccccc1CNC(=O)CCl. The van der Waals surface area contributed by atoms with Crippen LogP contribution < -0.4 is 10.1 Å². The standard InChI is InChI=1S/C12H16ClNO2/c1-9(2)16-11-6-4-3-5-10(11)8-14-12(15)7-13/h3-6,9H,7-8H2,1-2H3,(H,14,15). The molecule has 16 heavy (non-hydrogen) atoms. The molecule has 1 amide bonds. The monoisotopic (exact) mass is 241 g/mol. The normalized spacial score (nSPS) is 10.2. The van der Waals surface area contributed by atoms with Crippen LogP contribution in [-0.4, -0.2) is 17.9 Å². The van der Waals surface area contributed by atoms with Crippen LogP contribution >= 0.6 is 11.6 Å². The molecule has 0 aliphatic carbocycles. The van der Waals surface area contributed by atoms with Gasteiger partial charge < -0.3 is 10.1 Å². The van der Waals surface area contributed by atoms with Gasteiger partial charge in [0.2, 0.25) is 5.91 Å². The van der Waals surface area contributed by atoms with Crippen LogP contribution in [0.3, 0.4) is 0 Å². The molecule has 0 aromatic heterocycles. The molecule has 0 heterocycles. The summed E-state index contributed by atoms with van der Waals surface area (Å²) < 4.78 is 5.63. The molecule has 1 N–H and O–H groups in total. The first-order valence-corrected chi connectivity index (χ1v) is 5.74. The average molecular weight is 242 g/mol. The predicted octanol–water partition coefficient (Wildman–Crippen LogP) is 2.33. The Morgan fingerprint density at radius 1 is 1.44 bits per heavy atom. The molecule has 0 saturated heterocycles. The Kier molecular flexibility index (Phi) is 5.12. The van der Waals surface area contributed by atoms with Gasteiger partial charge in [-0.3, -0.25) is 4.79 Å². The van der Waals surface area contributed by atoms with Gasteiger partial charge in [0, 0.05) is 12.1 Å². The van der Waals surface area contributed by atoms with Gasteiger partial charge in [-0.25, -0.2) is 0 Å². The zero-order valence-corrected chi connectivity index (χ0v) is 10.3. The van der Waals surface area contributed by atoms with Crippen LogP contribution in [0.2, 0.25) is 0 Å². The summed E-state index contributed by atoms with van der Waals surface area (Å²) in [5.74, 6) is 0.598. The highest BCUT2D eigenvalue weighted by molar-refractivity contribution is 6.27. The minimum absolute atomic E-state index is 0.0206. The van der Waals surface area contributed by atoms with Gasteiger partial charge in [-0.05, 0) is 19.9 Å². The Balaban J connectivity index is 2.67. The Labute approximate surface area is 101 Å². The molecule has 0 saturated carbocycles. The molecule has 4 heteroatoms. The van der Waals surface area contributed by atoms with Crippen LogP contribution in [0.1, 0.15) is 19.4 Å². The fourth-order valence-electron chi connectivity index (χ4n) is 1.26. The van der Waals surface area contributed by atoms with E-state index in [0.717, 1.165) is 11.3 Å². The first kappa shape index (κ1) is 12.8. The maximum absolute atomic E-state index is 11.0. The number of carbonyl (C=O) groups is 1. The second kappa shape index (κ2) is 6.38. The van der Waals surface area contributed by atoms with E-state index in [1.807, 2.05) is 38.1 Å². The van der Waals surface area contributed by atoms with Crippen LogP contribution in [-0.2, 0) is 11.3 Å². The maximum Gasteiger partial charge on any atom is 0.235 e. The molecule has 0 radical (unpaired) electrons. The zero-order valence-electron chi connectivity index (χ0n) is 9.50. The van der Waals surface area contributed by atoms with Crippen molar-refractivity contribution in [2.75, 3.05) is 5.88 Å². The topological polar surface area (TPSA) is 38.3 Å². The summed E-state index contributed by atoms with van der Waals surface area (Å²) in [6, 6.07) is 7.63. The number of benzene rings is 1. The highest BCUT2D eigenvalue weighted by atomic mass is 35.5. The maximum atomic E-state index is 11.0. The summed E-state index contributed by atoms with van der Waals surface area (Å²) in [5, 5.41) is 2.71. The van der Waals surface area contributed by atoms with Gasteiger partial charge in [0.05, 0.1) is 6.10 Å². The summed E-state index contributed by atoms with van der Waals surface area (Å²) in [4.78, 5) is 11.0. The second-order valence-corrected chi connectivity index (χ2v) is 3.95. The number of amides is 1. The van der Waals surface area contributed by atoms with Crippen molar-refractivity contribution in [3.8, 4) is 5.75 Å². The zero-order chi connectivity index (χ0) is 12.0. The first-order valence-electron chi connectivity index (χ1n) is 5.20. The lowest BCUT2D eigenvalue weighted by Gasteiger charge is -2.14. The minimum Gasteiger partial charge on any atom is -0.491 e. The van der Waals surface area contributed by atoms with Crippen molar-refractivity contribution >= 4 is 17.5 Å². The smallest absolute Gasteiger partial charge is 0.235 e. The van der Waals surface area contributed by atoms with Gasteiger partial charge in [0.25, 0.3) is 0 Å². The highest BCUT2D eigenvalue weighted by Crippen LogP contribution is 2.18. The number of hydrogen-bond acceptors (Lipinski definition) is 2. The summed E-state index contributed by atoms with van der Waals surface area (Å²) in [6.45, 7) is 4.37. The second-order valence-electron chi connectivity index (χ2n) is 3.68. The number of carbonyl (C=O) groups excluding carboxylic acids is 1. The van der Waals surface area contributed by atoms with Crippen LogP contribution in [0.4, 0.5) is 0 Å². The number of hydrogen-bond donors (Lipinski definition) is 1. The average Bonchev–Trinajstić information content (AvgIpc) is 2.26. The van der Waals surface area contributed by atoms with Crippen molar-refractivity contribution in [1.29, 1.82) is 0 Å². The first-order chi connectivity index (χ1) is 7.63. The van der Waals surface area contributed by atoms with Gasteiger partial charge in [0.1, 0.15) is 11.6 Å². The third-order valence-corrected chi connectivity index (χ3v) is 2.18. The molecule has 1 aromatic rings. The number of halogens is 1. The Bertz CT molecular complexity index is 353. The fraction of sp³-hybridized carbons (Fsp3) is 0.417. The summed E-state index contributed by atoms with van der Waals surface area (Å²) >= 11 is 5.40. The van der Waals surface area contributed by atoms with Gasteiger partial charge >= 0.3 is 0 Å². The van der Waals surface area contributed by atoms with Crippen molar-refractivity contribution in [3.05, 3.63) is 29.8 Å². The lowest BCUT2D eigenvalue weighted by Crippen LogP contribution is -2.24. The fourth-order valence-corrected chi connectivity index (χ4v) is 1.35. The van der Waals surface area contributed by atoms with Crippen molar-refractivity contribution in [3.63, 3.8) is 0 Å². The molecule has 88 valence electrons. The van der Waals surface area contributed by atoms with E-state index in [9.17, 15) is 4.79 Å². The molecule has 0 atom stereocenters. The van der Waals surface area contributed by atoms with E-state index in [0.29, 0.717) is 6.54 Å². The number of rotatable bonds is 5. The summed E-state index contributed by atoms with van der Waals surface area (Å²) in [6.07, 6.45) is 0.116. The Morgan fingerprint density at radius 3 is 2.75 bits per heavy atom. The molecule has 0 unspecified atom stereocenters. The predicted molar refractivity (Wildman–Crippen MR) is 64.8 cm³/mol. The molecule has 0 spiro atoms. The van der Waals surface area contributed by atoms with Crippen LogP contribution in [0.25, 0.3) is 0 Å². The van der Waals surface area contributed by atoms with Gasteiger partial charge in [-0.2, -0.15) is 0 Å². The third-order valence-electron chi connectivity index (χ3n) is 1.93. The van der Waals surface area contributed by atoms with Gasteiger partial charge in [0.15, 0.2) is 0 Å². The quantitative estimate of drug-likeness (QED) is 0.804. The molecule has 1 aromatic carbocycles. The minimum atomic E-state index is -0.180.